The molecular weight excluding hydrogens is 276 g/mol. The average Bonchev–Trinajstić information content (AvgIpc) is 2.76. The highest BCUT2D eigenvalue weighted by molar-refractivity contribution is 5.81. The van der Waals surface area contributed by atoms with E-state index in [1.165, 1.54) is 59.1 Å². The van der Waals surface area contributed by atoms with Crippen molar-refractivity contribution in [2.24, 2.45) is 0 Å². The van der Waals surface area contributed by atoms with Crippen LogP contribution in [0, 0.1) is 6.92 Å². The highest BCUT2D eigenvalue weighted by Gasteiger charge is 2.35. The van der Waals surface area contributed by atoms with Crippen LogP contribution in [0.3, 0.4) is 0 Å². The van der Waals surface area contributed by atoms with Gasteiger partial charge in [-0.25, -0.2) is 0 Å². The summed E-state index contributed by atoms with van der Waals surface area (Å²) in [5, 5.41) is 0. The molecule has 0 aliphatic heterocycles. The van der Waals surface area contributed by atoms with E-state index in [2.05, 4.69) is 71.0 Å². The first kappa shape index (κ1) is 16.3. The minimum absolute atomic E-state index is 0.121. The van der Waals surface area contributed by atoms with Gasteiger partial charge in [0.05, 0.1) is 0 Å². The van der Waals surface area contributed by atoms with Gasteiger partial charge in [-0.1, -0.05) is 82.5 Å². The molecule has 0 saturated carbocycles. The van der Waals surface area contributed by atoms with Gasteiger partial charge in [0.1, 0.15) is 0 Å². The Hall–Kier alpha value is -1.56. The van der Waals surface area contributed by atoms with E-state index in [-0.39, 0.29) is 5.41 Å². The van der Waals surface area contributed by atoms with E-state index in [0.29, 0.717) is 5.92 Å². The Labute approximate surface area is 141 Å². The number of aryl methyl sites for hydroxylation is 1. The molecule has 0 amide bonds. The third-order valence-electron chi connectivity index (χ3n) is 5.73. The topological polar surface area (TPSA) is 0 Å². The largest absolute Gasteiger partial charge is 0.0654 e. The number of unbranched alkanes of at least 4 members (excludes halogenated alkanes) is 1. The van der Waals surface area contributed by atoms with Crippen molar-refractivity contribution in [1.82, 2.24) is 0 Å². The predicted molar refractivity (Wildman–Crippen MR) is 101 cm³/mol. The maximum absolute atomic E-state index is 2.51. The molecular formula is C23H30. The Bertz CT molecular complexity index is 706. The predicted octanol–water partition coefficient (Wildman–Crippen LogP) is 6.99. The van der Waals surface area contributed by atoms with Crippen LogP contribution in [-0.4, -0.2) is 0 Å². The van der Waals surface area contributed by atoms with Gasteiger partial charge in [-0.15, -0.1) is 0 Å². The second-order valence-corrected chi connectivity index (χ2v) is 7.73. The Morgan fingerprint density at radius 1 is 0.913 bits per heavy atom. The zero-order chi connectivity index (χ0) is 16.6. The van der Waals surface area contributed by atoms with Gasteiger partial charge in [-0.2, -0.15) is 0 Å². The van der Waals surface area contributed by atoms with Crippen LogP contribution in [0.25, 0.3) is 11.1 Å². The smallest absolute Gasteiger partial charge is 0.0159 e. The van der Waals surface area contributed by atoms with Gasteiger partial charge in [-0.3, -0.25) is 0 Å². The third kappa shape index (κ3) is 2.73. The van der Waals surface area contributed by atoms with E-state index in [1.807, 2.05) is 0 Å². The molecule has 0 bridgehead atoms. The molecule has 0 heterocycles. The van der Waals surface area contributed by atoms with Gasteiger partial charge < -0.3 is 0 Å². The van der Waals surface area contributed by atoms with Crippen molar-refractivity contribution < 1.29 is 0 Å². The van der Waals surface area contributed by atoms with Crippen LogP contribution < -0.4 is 0 Å². The molecule has 0 aromatic heterocycles. The fourth-order valence-corrected chi connectivity index (χ4v) is 4.18. The average molecular weight is 306 g/mol. The maximum atomic E-state index is 2.51. The first-order chi connectivity index (χ1) is 11.0. The highest BCUT2D eigenvalue weighted by Crippen LogP contribution is 2.49. The van der Waals surface area contributed by atoms with E-state index in [1.54, 1.807) is 0 Å². The van der Waals surface area contributed by atoms with Gasteiger partial charge in [0, 0.05) is 5.41 Å². The van der Waals surface area contributed by atoms with Crippen molar-refractivity contribution in [2.45, 2.75) is 71.6 Å². The fourth-order valence-electron chi connectivity index (χ4n) is 4.18. The number of hydrogen-bond acceptors (Lipinski definition) is 0. The molecule has 0 nitrogen and oxygen atoms in total. The van der Waals surface area contributed by atoms with Gasteiger partial charge in [-0.05, 0) is 53.5 Å². The lowest BCUT2D eigenvalue weighted by atomic mass is 9.80. The summed E-state index contributed by atoms with van der Waals surface area (Å²) >= 11 is 0. The van der Waals surface area contributed by atoms with E-state index < -0.39 is 0 Å². The summed E-state index contributed by atoms with van der Waals surface area (Å²) in [6.45, 7) is 11.6. The number of hydrogen-bond donors (Lipinski definition) is 0. The van der Waals surface area contributed by atoms with Gasteiger partial charge >= 0.3 is 0 Å². The summed E-state index contributed by atoms with van der Waals surface area (Å²) < 4.78 is 0. The summed E-state index contributed by atoms with van der Waals surface area (Å²) in [4.78, 5) is 0. The molecule has 1 aliphatic carbocycles. The lowest BCUT2D eigenvalue weighted by Gasteiger charge is -2.24. The molecule has 1 atom stereocenters. The summed E-state index contributed by atoms with van der Waals surface area (Å²) in [6, 6.07) is 14.2. The van der Waals surface area contributed by atoms with Crippen LogP contribution in [0.1, 0.15) is 81.5 Å². The Balaban J connectivity index is 2.05. The second kappa shape index (κ2) is 6.15. The van der Waals surface area contributed by atoms with Crippen molar-refractivity contribution in [1.29, 1.82) is 0 Å². The van der Waals surface area contributed by atoms with Crippen molar-refractivity contribution in [3.63, 3.8) is 0 Å². The molecule has 2 aromatic rings. The van der Waals surface area contributed by atoms with Crippen LogP contribution in [0.5, 0.6) is 0 Å². The molecule has 2 aromatic carbocycles. The van der Waals surface area contributed by atoms with Crippen LogP contribution in [0.15, 0.2) is 36.4 Å². The molecule has 0 spiro atoms. The van der Waals surface area contributed by atoms with Crippen molar-refractivity contribution in [3.8, 4) is 11.1 Å². The second-order valence-electron chi connectivity index (χ2n) is 7.73. The normalized spacial score (nSPS) is 16.0. The van der Waals surface area contributed by atoms with Gasteiger partial charge in [0.25, 0.3) is 0 Å². The molecule has 23 heavy (non-hydrogen) atoms. The Morgan fingerprint density at radius 3 is 2.22 bits per heavy atom. The third-order valence-corrected chi connectivity index (χ3v) is 5.73. The molecule has 122 valence electrons. The molecule has 3 rings (SSSR count). The standard InChI is InChI=1S/C23H30/c1-6-8-9-17(7-2)18-11-13-20-19-12-10-16(3)14-21(19)23(4,5)22(20)15-18/h10-15,17H,6-9H2,1-5H3. The molecule has 0 heteroatoms. The van der Waals surface area contributed by atoms with Crippen LogP contribution in [0.4, 0.5) is 0 Å². The molecule has 0 saturated heterocycles. The molecule has 1 unspecified atom stereocenters. The van der Waals surface area contributed by atoms with Crippen molar-refractivity contribution in [2.75, 3.05) is 0 Å². The quantitative estimate of drug-likeness (QED) is 0.558. The van der Waals surface area contributed by atoms with Crippen LogP contribution in [0.2, 0.25) is 0 Å². The minimum atomic E-state index is 0.121. The Morgan fingerprint density at radius 2 is 1.57 bits per heavy atom. The van der Waals surface area contributed by atoms with E-state index in [0.717, 1.165) is 0 Å². The van der Waals surface area contributed by atoms with E-state index >= 15 is 0 Å². The highest BCUT2D eigenvalue weighted by atomic mass is 14.4. The lowest BCUT2D eigenvalue weighted by Crippen LogP contribution is -2.15. The fraction of sp³-hybridized carbons (Fsp3) is 0.478. The first-order valence-corrected chi connectivity index (χ1v) is 9.25. The number of benzene rings is 2. The van der Waals surface area contributed by atoms with Crippen molar-refractivity contribution in [3.05, 3.63) is 58.7 Å². The summed E-state index contributed by atoms with van der Waals surface area (Å²) in [7, 11) is 0. The van der Waals surface area contributed by atoms with E-state index in [4.69, 9.17) is 0 Å². The van der Waals surface area contributed by atoms with Gasteiger partial charge in [0.15, 0.2) is 0 Å². The molecule has 0 N–H and O–H groups in total. The first-order valence-electron chi connectivity index (χ1n) is 9.25. The molecule has 0 radical (unpaired) electrons. The monoisotopic (exact) mass is 306 g/mol. The Kier molecular flexibility index (Phi) is 4.36. The van der Waals surface area contributed by atoms with Gasteiger partial charge in [0.2, 0.25) is 0 Å². The molecule has 1 aliphatic rings. The number of fused-ring (bicyclic) bond motifs is 3. The summed E-state index contributed by atoms with van der Waals surface area (Å²) in [5.74, 6) is 0.710. The van der Waals surface area contributed by atoms with Crippen LogP contribution in [-0.2, 0) is 5.41 Å². The van der Waals surface area contributed by atoms with Crippen molar-refractivity contribution >= 4 is 0 Å². The molecule has 0 fully saturated rings. The van der Waals surface area contributed by atoms with E-state index in [9.17, 15) is 0 Å². The zero-order valence-electron chi connectivity index (χ0n) is 15.4. The SMILES string of the molecule is CCCCC(CC)c1ccc2c(c1)C(C)(C)c1cc(C)ccc1-2. The maximum Gasteiger partial charge on any atom is 0.0159 e. The minimum Gasteiger partial charge on any atom is -0.0654 e. The zero-order valence-corrected chi connectivity index (χ0v) is 15.4. The summed E-state index contributed by atoms with van der Waals surface area (Å²) in [5.41, 5.74) is 8.91. The number of rotatable bonds is 5. The van der Waals surface area contributed by atoms with Crippen LogP contribution >= 0.6 is 0 Å². The lowest BCUT2D eigenvalue weighted by molar-refractivity contribution is 0.567. The summed E-state index contributed by atoms with van der Waals surface area (Å²) in [6.07, 6.45) is 5.18.